The first-order valence-electron chi connectivity index (χ1n) is 8.06. The third kappa shape index (κ3) is 4.33. The molecule has 0 saturated carbocycles. The number of amides is 1. The largest absolute Gasteiger partial charge is 0.445 e. The average molecular weight is 310 g/mol. The van der Waals surface area contributed by atoms with Crippen molar-refractivity contribution in [2.45, 2.75) is 25.0 Å². The van der Waals surface area contributed by atoms with Crippen LogP contribution in [0.2, 0.25) is 0 Å². The predicted octanol–water partition coefficient (Wildman–Crippen LogP) is 3.06. The Morgan fingerprint density at radius 3 is 2.52 bits per heavy atom. The highest BCUT2D eigenvalue weighted by Crippen LogP contribution is 2.23. The Morgan fingerprint density at radius 1 is 1.09 bits per heavy atom. The van der Waals surface area contributed by atoms with Gasteiger partial charge in [-0.2, -0.15) is 0 Å². The van der Waals surface area contributed by atoms with Crippen LogP contribution in [0.15, 0.2) is 60.7 Å². The van der Waals surface area contributed by atoms with Crippen molar-refractivity contribution < 1.29 is 9.53 Å². The number of hydrogen-bond acceptors (Lipinski definition) is 3. The molecule has 2 N–H and O–H groups in total. The SMILES string of the molecule is O=C(NC1CCNCC1c1ccccc1)OCc1ccccc1. The second-order valence-corrected chi connectivity index (χ2v) is 5.82. The van der Waals surface area contributed by atoms with Crippen molar-refractivity contribution >= 4 is 6.09 Å². The van der Waals surface area contributed by atoms with Gasteiger partial charge in [-0.3, -0.25) is 0 Å². The van der Waals surface area contributed by atoms with E-state index in [1.165, 1.54) is 5.56 Å². The molecule has 0 bridgehead atoms. The summed E-state index contributed by atoms with van der Waals surface area (Å²) in [5.74, 6) is 0.272. The maximum Gasteiger partial charge on any atom is 0.407 e. The van der Waals surface area contributed by atoms with Crippen LogP contribution in [0.4, 0.5) is 4.79 Å². The lowest BCUT2D eigenvalue weighted by molar-refractivity contribution is 0.132. The highest BCUT2D eigenvalue weighted by atomic mass is 16.5. The van der Waals surface area contributed by atoms with E-state index in [0.717, 1.165) is 25.1 Å². The van der Waals surface area contributed by atoms with Gasteiger partial charge in [0.25, 0.3) is 0 Å². The molecular weight excluding hydrogens is 288 g/mol. The highest BCUT2D eigenvalue weighted by Gasteiger charge is 2.27. The Hall–Kier alpha value is -2.33. The Labute approximate surface area is 136 Å². The van der Waals surface area contributed by atoms with E-state index in [1.54, 1.807) is 0 Å². The molecule has 1 amide bonds. The summed E-state index contributed by atoms with van der Waals surface area (Å²) in [5, 5.41) is 6.44. The molecule has 1 fully saturated rings. The molecular formula is C19H22N2O2. The summed E-state index contributed by atoms with van der Waals surface area (Å²) in [6, 6.07) is 20.1. The first kappa shape index (κ1) is 15.6. The van der Waals surface area contributed by atoms with Crippen molar-refractivity contribution in [1.82, 2.24) is 10.6 Å². The Morgan fingerprint density at radius 2 is 1.78 bits per heavy atom. The van der Waals surface area contributed by atoms with Crippen molar-refractivity contribution in [3.05, 3.63) is 71.8 Å². The van der Waals surface area contributed by atoms with Gasteiger partial charge in [0, 0.05) is 18.5 Å². The van der Waals surface area contributed by atoms with Crippen LogP contribution >= 0.6 is 0 Å². The van der Waals surface area contributed by atoms with Crippen LogP contribution in [0.25, 0.3) is 0 Å². The molecule has 2 atom stereocenters. The average Bonchev–Trinajstić information content (AvgIpc) is 2.62. The van der Waals surface area contributed by atoms with Crippen LogP contribution in [-0.4, -0.2) is 25.2 Å². The molecule has 0 radical (unpaired) electrons. The van der Waals surface area contributed by atoms with E-state index in [1.807, 2.05) is 48.5 Å². The summed E-state index contributed by atoms with van der Waals surface area (Å²) in [7, 11) is 0. The molecule has 4 nitrogen and oxygen atoms in total. The number of alkyl carbamates (subject to hydrolysis) is 1. The fourth-order valence-electron chi connectivity index (χ4n) is 3.00. The number of benzene rings is 2. The van der Waals surface area contributed by atoms with Gasteiger partial charge in [-0.25, -0.2) is 4.79 Å². The fraction of sp³-hybridized carbons (Fsp3) is 0.316. The summed E-state index contributed by atoms with van der Waals surface area (Å²) in [6.07, 6.45) is 0.557. The van der Waals surface area contributed by atoms with Gasteiger partial charge >= 0.3 is 6.09 Å². The van der Waals surface area contributed by atoms with Crippen LogP contribution < -0.4 is 10.6 Å². The molecule has 23 heavy (non-hydrogen) atoms. The van der Waals surface area contributed by atoms with Crippen LogP contribution in [0.3, 0.4) is 0 Å². The zero-order valence-corrected chi connectivity index (χ0v) is 13.1. The van der Waals surface area contributed by atoms with Crippen LogP contribution in [0.5, 0.6) is 0 Å². The highest BCUT2D eigenvalue weighted by molar-refractivity contribution is 5.67. The van der Waals surface area contributed by atoms with E-state index in [-0.39, 0.29) is 18.1 Å². The smallest absolute Gasteiger partial charge is 0.407 e. The van der Waals surface area contributed by atoms with Gasteiger partial charge in [0.1, 0.15) is 6.61 Å². The first-order valence-corrected chi connectivity index (χ1v) is 8.06. The summed E-state index contributed by atoms with van der Waals surface area (Å²) in [6.45, 7) is 2.08. The van der Waals surface area contributed by atoms with Crippen molar-refractivity contribution in [2.24, 2.45) is 0 Å². The second kappa shape index (κ2) is 7.79. The fourth-order valence-corrected chi connectivity index (χ4v) is 3.00. The summed E-state index contributed by atoms with van der Waals surface area (Å²) >= 11 is 0. The number of carbonyl (C=O) groups is 1. The lowest BCUT2D eigenvalue weighted by Crippen LogP contribution is -2.48. The van der Waals surface area contributed by atoms with Crippen LogP contribution in [0.1, 0.15) is 23.5 Å². The summed E-state index contributed by atoms with van der Waals surface area (Å²) in [5.41, 5.74) is 2.24. The lowest BCUT2D eigenvalue weighted by atomic mass is 9.87. The molecule has 120 valence electrons. The Bertz CT molecular complexity index is 616. The molecule has 2 unspecified atom stereocenters. The quantitative estimate of drug-likeness (QED) is 0.912. The number of rotatable bonds is 4. The van der Waals surface area contributed by atoms with E-state index >= 15 is 0 Å². The maximum atomic E-state index is 12.1. The van der Waals surface area contributed by atoms with E-state index < -0.39 is 0 Å². The molecule has 0 aliphatic carbocycles. The minimum Gasteiger partial charge on any atom is -0.445 e. The molecule has 1 saturated heterocycles. The van der Waals surface area contributed by atoms with Crippen molar-refractivity contribution in [3.8, 4) is 0 Å². The predicted molar refractivity (Wildman–Crippen MR) is 90.2 cm³/mol. The molecule has 1 aliphatic heterocycles. The molecule has 0 spiro atoms. The van der Waals surface area contributed by atoms with Crippen molar-refractivity contribution in [1.29, 1.82) is 0 Å². The number of ether oxygens (including phenoxy) is 1. The van der Waals surface area contributed by atoms with Crippen LogP contribution in [0, 0.1) is 0 Å². The van der Waals surface area contributed by atoms with Gasteiger partial charge in [-0.05, 0) is 24.1 Å². The minimum absolute atomic E-state index is 0.0990. The number of carbonyl (C=O) groups excluding carboxylic acids is 1. The first-order chi connectivity index (χ1) is 11.3. The van der Waals surface area contributed by atoms with E-state index in [2.05, 4.69) is 22.8 Å². The maximum absolute atomic E-state index is 12.1. The van der Waals surface area contributed by atoms with E-state index in [9.17, 15) is 4.79 Å². The topological polar surface area (TPSA) is 50.4 Å². The molecule has 3 rings (SSSR count). The molecule has 0 aromatic heterocycles. The Kier molecular flexibility index (Phi) is 5.27. The van der Waals surface area contributed by atoms with Gasteiger partial charge in [0.05, 0.1) is 0 Å². The van der Waals surface area contributed by atoms with Crippen molar-refractivity contribution in [3.63, 3.8) is 0 Å². The van der Waals surface area contributed by atoms with Crippen LogP contribution in [-0.2, 0) is 11.3 Å². The molecule has 4 heteroatoms. The molecule has 2 aromatic carbocycles. The standard InChI is InChI=1S/C19H22N2O2/c22-19(23-14-15-7-3-1-4-8-15)21-18-11-12-20-13-17(18)16-9-5-2-6-10-16/h1-10,17-18,20H,11-14H2,(H,21,22). The molecule has 1 heterocycles. The summed E-state index contributed by atoms with van der Waals surface area (Å²) in [4.78, 5) is 12.1. The number of piperidine rings is 1. The van der Waals surface area contributed by atoms with E-state index in [0.29, 0.717) is 6.61 Å². The summed E-state index contributed by atoms with van der Waals surface area (Å²) < 4.78 is 5.34. The zero-order valence-electron chi connectivity index (χ0n) is 13.1. The third-order valence-electron chi connectivity index (χ3n) is 4.23. The normalized spacial score (nSPS) is 20.7. The Balaban J connectivity index is 1.57. The third-order valence-corrected chi connectivity index (χ3v) is 4.23. The minimum atomic E-state index is -0.346. The van der Waals surface area contributed by atoms with Gasteiger partial charge in [-0.1, -0.05) is 60.7 Å². The zero-order chi connectivity index (χ0) is 15.9. The van der Waals surface area contributed by atoms with Gasteiger partial charge in [0.15, 0.2) is 0 Å². The number of nitrogens with one attached hydrogen (secondary N) is 2. The monoisotopic (exact) mass is 310 g/mol. The van der Waals surface area contributed by atoms with Gasteiger partial charge in [0.2, 0.25) is 0 Å². The van der Waals surface area contributed by atoms with E-state index in [4.69, 9.17) is 4.74 Å². The molecule has 1 aliphatic rings. The van der Waals surface area contributed by atoms with Gasteiger partial charge < -0.3 is 15.4 Å². The number of hydrogen-bond donors (Lipinski definition) is 2. The second-order valence-electron chi connectivity index (χ2n) is 5.82. The van der Waals surface area contributed by atoms with Crippen molar-refractivity contribution in [2.75, 3.05) is 13.1 Å². The lowest BCUT2D eigenvalue weighted by Gasteiger charge is -2.32. The molecule has 2 aromatic rings. The van der Waals surface area contributed by atoms with Gasteiger partial charge in [-0.15, -0.1) is 0 Å².